The van der Waals surface area contributed by atoms with E-state index < -0.39 is 12.1 Å². The van der Waals surface area contributed by atoms with Crippen LogP contribution in [0.4, 0.5) is 15.6 Å². The number of rotatable bonds is 4. The number of carbonyl (C=O) groups is 3. The molecule has 142 valence electrons. The average Bonchev–Trinajstić information content (AvgIpc) is 3.30. The zero-order chi connectivity index (χ0) is 19.6. The second kappa shape index (κ2) is 7.75. The van der Waals surface area contributed by atoms with Gasteiger partial charge >= 0.3 is 6.09 Å². The summed E-state index contributed by atoms with van der Waals surface area (Å²) in [5.41, 5.74) is 2.27. The molecule has 2 N–H and O–H groups in total. The van der Waals surface area contributed by atoms with Crippen LogP contribution in [0.25, 0.3) is 11.3 Å². The van der Waals surface area contributed by atoms with E-state index in [-0.39, 0.29) is 11.8 Å². The van der Waals surface area contributed by atoms with Crippen LogP contribution in [0.1, 0.15) is 19.8 Å². The van der Waals surface area contributed by atoms with Gasteiger partial charge in [0.15, 0.2) is 5.13 Å². The van der Waals surface area contributed by atoms with Crippen molar-refractivity contribution in [2.75, 3.05) is 23.8 Å². The zero-order valence-electron chi connectivity index (χ0n) is 15.0. The number of carbonyl (C=O) groups excluding carboxylic acids is 2. The Morgan fingerprint density at radius 3 is 2.63 bits per heavy atom. The topological polar surface area (TPSA) is 103 Å². The van der Waals surface area contributed by atoms with E-state index in [1.807, 2.05) is 17.5 Å². The maximum absolute atomic E-state index is 12.7. The summed E-state index contributed by atoms with van der Waals surface area (Å²) in [4.78, 5) is 42.2. The summed E-state index contributed by atoms with van der Waals surface area (Å²) >= 11 is 1.32. The number of nitrogens with one attached hydrogen (secondary N) is 1. The lowest BCUT2D eigenvalue weighted by molar-refractivity contribution is -0.122. The smallest absolute Gasteiger partial charge is 0.407 e. The maximum Gasteiger partial charge on any atom is 0.407 e. The van der Waals surface area contributed by atoms with Crippen LogP contribution < -0.4 is 10.2 Å². The van der Waals surface area contributed by atoms with E-state index in [1.165, 1.54) is 28.1 Å². The van der Waals surface area contributed by atoms with E-state index in [0.29, 0.717) is 35.9 Å². The molecule has 0 saturated carbocycles. The number of hydrogen-bond donors (Lipinski definition) is 2. The van der Waals surface area contributed by atoms with Crippen molar-refractivity contribution in [1.29, 1.82) is 0 Å². The molecule has 1 aliphatic heterocycles. The molecule has 1 saturated heterocycles. The minimum atomic E-state index is -1.07. The Morgan fingerprint density at radius 1 is 1.30 bits per heavy atom. The van der Waals surface area contributed by atoms with Crippen molar-refractivity contribution in [2.45, 2.75) is 25.8 Å². The second-order valence-corrected chi connectivity index (χ2v) is 7.14. The van der Waals surface area contributed by atoms with Crippen LogP contribution in [-0.4, -0.2) is 52.5 Å². The van der Waals surface area contributed by atoms with Gasteiger partial charge in [0.1, 0.15) is 6.04 Å². The summed E-state index contributed by atoms with van der Waals surface area (Å²) in [6.07, 6.45) is 0.136. The van der Waals surface area contributed by atoms with Gasteiger partial charge in [-0.05, 0) is 25.0 Å². The van der Waals surface area contributed by atoms with E-state index in [4.69, 9.17) is 0 Å². The maximum atomic E-state index is 12.7. The molecular weight excluding hydrogens is 368 g/mol. The molecule has 2 heterocycles. The molecule has 3 rings (SSSR count). The summed E-state index contributed by atoms with van der Waals surface area (Å²) in [6, 6.07) is 6.60. The molecule has 1 atom stereocenters. The third kappa shape index (κ3) is 4.08. The molecule has 0 radical (unpaired) electrons. The molecular formula is C18H20N4O4S. The molecule has 8 nitrogen and oxygen atoms in total. The van der Waals surface area contributed by atoms with Crippen LogP contribution >= 0.6 is 11.3 Å². The summed E-state index contributed by atoms with van der Waals surface area (Å²) in [5.74, 6) is -0.405. The average molecular weight is 388 g/mol. The summed E-state index contributed by atoms with van der Waals surface area (Å²) in [5, 5.41) is 14.3. The third-order valence-corrected chi connectivity index (χ3v) is 5.31. The van der Waals surface area contributed by atoms with Gasteiger partial charge in [-0.1, -0.05) is 12.1 Å². The van der Waals surface area contributed by atoms with Crippen LogP contribution in [0.2, 0.25) is 0 Å². The number of thiazole rings is 1. The Morgan fingerprint density at radius 2 is 2.00 bits per heavy atom. The number of carboxylic acid groups (broad SMARTS) is 1. The zero-order valence-corrected chi connectivity index (χ0v) is 15.8. The molecule has 9 heteroatoms. The number of hydrogen-bond acceptors (Lipinski definition) is 5. The monoisotopic (exact) mass is 388 g/mol. The lowest BCUT2D eigenvalue weighted by atomic mass is 10.1. The largest absolute Gasteiger partial charge is 0.465 e. The fourth-order valence-corrected chi connectivity index (χ4v) is 3.85. The van der Waals surface area contributed by atoms with Gasteiger partial charge in [-0.15, -0.1) is 11.3 Å². The first-order valence-corrected chi connectivity index (χ1v) is 9.35. The molecule has 2 aromatic rings. The van der Waals surface area contributed by atoms with Crippen LogP contribution in [0.5, 0.6) is 0 Å². The number of likely N-dealkylation sites (tertiary alicyclic amines) is 1. The van der Waals surface area contributed by atoms with E-state index in [1.54, 1.807) is 19.2 Å². The van der Waals surface area contributed by atoms with Crippen LogP contribution in [0, 0.1) is 0 Å². The molecule has 0 spiro atoms. The first kappa shape index (κ1) is 18.8. The Labute approximate surface area is 160 Å². The fourth-order valence-electron chi connectivity index (χ4n) is 3.05. The van der Waals surface area contributed by atoms with Crippen molar-refractivity contribution in [1.82, 2.24) is 9.88 Å². The van der Waals surface area contributed by atoms with Gasteiger partial charge in [-0.3, -0.25) is 19.4 Å². The van der Waals surface area contributed by atoms with Gasteiger partial charge in [0.2, 0.25) is 5.91 Å². The van der Waals surface area contributed by atoms with E-state index in [2.05, 4.69) is 10.3 Å². The predicted molar refractivity (Wildman–Crippen MR) is 103 cm³/mol. The molecule has 1 fully saturated rings. The third-order valence-electron chi connectivity index (χ3n) is 4.39. The van der Waals surface area contributed by atoms with E-state index in [0.717, 1.165) is 5.56 Å². The lowest BCUT2D eigenvalue weighted by Gasteiger charge is -2.24. The number of likely N-dealkylation sites (N-methyl/N-ethyl adjacent to an activating group) is 1. The van der Waals surface area contributed by atoms with Gasteiger partial charge in [0, 0.05) is 37.1 Å². The summed E-state index contributed by atoms with van der Waals surface area (Å²) < 4.78 is 0. The number of benzene rings is 1. The van der Waals surface area contributed by atoms with Gasteiger partial charge in [-0.2, -0.15) is 0 Å². The fraction of sp³-hybridized carbons (Fsp3) is 0.333. The van der Waals surface area contributed by atoms with Crippen molar-refractivity contribution in [2.24, 2.45) is 0 Å². The van der Waals surface area contributed by atoms with Crippen LogP contribution in [0.15, 0.2) is 29.6 Å². The Balaban J connectivity index is 1.74. The number of nitrogens with zero attached hydrogens (tertiary/aromatic N) is 3. The van der Waals surface area contributed by atoms with Crippen molar-refractivity contribution < 1.29 is 19.5 Å². The molecule has 3 amide bonds. The Kier molecular flexibility index (Phi) is 5.41. The van der Waals surface area contributed by atoms with Gasteiger partial charge in [-0.25, -0.2) is 9.78 Å². The summed E-state index contributed by atoms with van der Waals surface area (Å²) in [6.45, 7) is 1.83. The minimum absolute atomic E-state index is 0.138. The standard InChI is InChI=1S/C18H20N4O4S/c1-11(23)19-13-7-5-12(6-8-13)14-10-27-17(20-14)21(2)16(24)15-4-3-9-22(15)18(25)26/h5-8,10,15H,3-4,9H2,1-2H3,(H,19,23)(H,25,26). The first-order chi connectivity index (χ1) is 12.9. The van der Waals surface area contributed by atoms with Gasteiger partial charge in [0.05, 0.1) is 5.69 Å². The molecule has 27 heavy (non-hydrogen) atoms. The highest BCUT2D eigenvalue weighted by Gasteiger charge is 2.36. The number of anilines is 2. The molecule has 1 aromatic heterocycles. The van der Waals surface area contributed by atoms with Crippen molar-refractivity contribution in [3.63, 3.8) is 0 Å². The van der Waals surface area contributed by atoms with E-state index >= 15 is 0 Å². The highest BCUT2D eigenvalue weighted by molar-refractivity contribution is 7.14. The van der Waals surface area contributed by atoms with Crippen molar-refractivity contribution in [3.8, 4) is 11.3 Å². The molecule has 1 unspecified atom stereocenters. The van der Waals surface area contributed by atoms with E-state index in [9.17, 15) is 19.5 Å². The van der Waals surface area contributed by atoms with Gasteiger partial charge in [0.25, 0.3) is 5.91 Å². The quantitative estimate of drug-likeness (QED) is 0.838. The van der Waals surface area contributed by atoms with Crippen molar-refractivity contribution in [3.05, 3.63) is 29.6 Å². The van der Waals surface area contributed by atoms with Gasteiger partial charge < -0.3 is 10.4 Å². The first-order valence-electron chi connectivity index (χ1n) is 8.47. The molecule has 1 aromatic carbocycles. The Hall–Kier alpha value is -2.94. The Bertz CT molecular complexity index is 865. The minimum Gasteiger partial charge on any atom is -0.465 e. The molecule has 0 aliphatic carbocycles. The number of amides is 3. The highest BCUT2D eigenvalue weighted by Crippen LogP contribution is 2.29. The van der Waals surface area contributed by atoms with Crippen LogP contribution in [0.3, 0.4) is 0 Å². The number of aromatic nitrogens is 1. The predicted octanol–water partition coefficient (Wildman–Crippen LogP) is 2.87. The molecule has 0 bridgehead atoms. The van der Waals surface area contributed by atoms with Crippen LogP contribution in [-0.2, 0) is 9.59 Å². The SMILES string of the molecule is CC(=O)Nc1ccc(-c2csc(N(C)C(=O)C3CCCN3C(=O)O)n2)cc1. The second-order valence-electron chi connectivity index (χ2n) is 6.31. The lowest BCUT2D eigenvalue weighted by Crippen LogP contribution is -2.46. The summed E-state index contributed by atoms with van der Waals surface area (Å²) in [7, 11) is 1.61. The van der Waals surface area contributed by atoms with Crippen molar-refractivity contribution >= 4 is 40.1 Å². The highest BCUT2D eigenvalue weighted by atomic mass is 32.1. The molecule has 1 aliphatic rings. The normalized spacial score (nSPS) is 16.2.